The van der Waals surface area contributed by atoms with Gasteiger partial charge >= 0.3 is 5.97 Å². The van der Waals surface area contributed by atoms with E-state index in [1.54, 1.807) is 6.92 Å². The highest BCUT2D eigenvalue weighted by molar-refractivity contribution is 6.30. The van der Waals surface area contributed by atoms with Crippen LogP contribution in [0.3, 0.4) is 0 Å². The number of hydrogen-bond donors (Lipinski definition) is 1. The van der Waals surface area contributed by atoms with Gasteiger partial charge in [0.15, 0.2) is 5.38 Å². The fourth-order valence-electron chi connectivity index (χ4n) is 0.307. The number of carbonyl (C=O) groups excluding carboxylic acids is 1. The summed E-state index contributed by atoms with van der Waals surface area (Å²) >= 11 is 5.27. The third-order valence-corrected chi connectivity index (χ3v) is 1.02. The van der Waals surface area contributed by atoms with Crippen molar-refractivity contribution < 1.29 is 14.6 Å². The van der Waals surface area contributed by atoms with E-state index >= 15 is 0 Å². The Morgan fingerprint density at radius 2 is 2.44 bits per heavy atom. The smallest absolute Gasteiger partial charge is 0.326 e. The molecular weight excluding hydrogens is 144 g/mol. The molecule has 0 saturated heterocycles. The summed E-state index contributed by atoms with van der Waals surface area (Å²) < 4.78 is 4.46. The third-order valence-electron chi connectivity index (χ3n) is 0.703. The van der Waals surface area contributed by atoms with Crippen molar-refractivity contribution in [2.45, 2.75) is 12.3 Å². The van der Waals surface area contributed by atoms with Gasteiger partial charge in [0.25, 0.3) is 0 Å². The Morgan fingerprint density at radius 1 is 1.89 bits per heavy atom. The van der Waals surface area contributed by atoms with Gasteiger partial charge in [-0.15, -0.1) is 11.6 Å². The molecule has 1 N–H and O–H groups in total. The Bertz CT molecular complexity index is 94.2. The molecule has 0 bridgehead atoms. The SMILES string of the molecule is CCOC(=O)C(Cl)CO. The van der Waals surface area contributed by atoms with Gasteiger partial charge in [0, 0.05) is 0 Å². The predicted octanol–water partition coefficient (Wildman–Crippen LogP) is 0.149. The second-order valence-corrected chi connectivity index (χ2v) is 1.93. The lowest BCUT2D eigenvalue weighted by atomic mass is 10.4. The van der Waals surface area contributed by atoms with Crippen LogP contribution in [0.2, 0.25) is 0 Å². The van der Waals surface area contributed by atoms with Gasteiger partial charge in [-0.3, -0.25) is 4.79 Å². The Labute approximate surface area is 58.6 Å². The summed E-state index contributed by atoms with van der Waals surface area (Å²) in [6.45, 7) is 1.60. The van der Waals surface area contributed by atoms with Crippen LogP contribution in [0.15, 0.2) is 0 Å². The van der Waals surface area contributed by atoms with Crippen LogP contribution in [0.25, 0.3) is 0 Å². The lowest BCUT2D eigenvalue weighted by Gasteiger charge is -2.03. The lowest BCUT2D eigenvalue weighted by Crippen LogP contribution is -2.21. The predicted molar refractivity (Wildman–Crippen MR) is 33.4 cm³/mol. The van der Waals surface area contributed by atoms with Crippen LogP contribution < -0.4 is 0 Å². The summed E-state index contributed by atoms with van der Waals surface area (Å²) in [7, 11) is 0. The topological polar surface area (TPSA) is 46.5 Å². The molecule has 0 aromatic carbocycles. The first-order valence-corrected chi connectivity index (χ1v) is 3.07. The van der Waals surface area contributed by atoms with Crippen molar-refractivity contribution in [2.75, 3.05) is 13.2 Å². The first-order valence-electron chi connectivity index (χ1n) is 2.64. The van der Waals surface area contributed by atoms with Crippen molar-refractivity contribution in [2.24, 2.45) is 0 Å². The van der Waals surface area contributed by atoms with E-state index in [1.165, 1.54) is 0 Å². The highest BCUT2D eigenvalue weighted by Gasteiger charge is 2.13. The van der Waals surface area contributed by atoms with E-state index < -0.39 is 11.3 Å². The summed E-state index contributed by atoms with van der Waals surface area (Å²) in [6.07, 6.45) is 0. The summed E-state index contributed by atoms with van der Waals surface area (Å²) in [5.74, 6) is -0.568. The van der Waals surface area contributed by atoms with Crippen LogP contribution in [0.4, 0.5) is 0 Å². The molecule has 0 radical (unpaired) electrons. The Kier molecular flexibility index (Phi) is 4.44. The summed E-state index contributed by atoms with van der Waals surface area (Å²) in [4.78, 5) is 10.5. The molecule has 0 aliphatic carbocycles. The fraction of sp³-hybridized carbons (Fsp3) is 0.800. The number of rotatable bonds is 3. The molecule has 0 spiro atoms. The maximum Gasteiger partial charge on any atom is 0.326 e. The molecule has 0 aliphatic heterocycles. The Morgan fingerprint density at radius 3 is 2.78 bits per heavy atom. The molecule has 0 saturated carbocycles. The van der Waals surface area contributed by atoms with Gasteiger partial charge in [0.2, 0.25) is 0 Å². The Hall–Kier alpha value is -0.280. The van der Waals surface area contributed by atoms with Gasteiger partial charge in [0.05, 0.1) is 13.2 Å². The van der Waals surface area contributed by atoms with Gasteiger partial charge in [-0.1, -0.05) is 0 Å². The van der Waals surface area contributed by atoms with Crippen LogP contribution in [0.1, 0.15) is 6.92 Å². The van der Waals surface area contributed by atoms with E-state index in [0.717, 1.165) is 0 Å². The number of alkyl halides is 1. The highest BCUT2D eigenvalue weighted by atomic mass is 35.5. The van der Waals surface area contributed by atoms with Crippen LogP contribution in [0, 0.1) is 0 Å². The molecule has 1 unspecified atom stereocenters. The van der Waals surface area contributed by atoms with E-state index in [4.69, 9.17) is 16.7 Å². The molecule has 4 heteroatoms. The first kappa shape index (κ1) is 8.72. The maximum atomic E-state index is 10.5. The zero-order valence-corrected chi connectivity index (χ0v) is 5.89. The molecule has 0 aromatic heterocycles. The van der Waals surface area contributed by atoms with Crippen molar-refractivity contribution in [3.63, 3.8) is 0 Å². The van der Waals surface area contributed by atoms with Gasteiger partial charge in [-0.05, 0) is 6.92 Å². The fourth-order valence-corrected chi connectivity index (χ4v) is 0.370. The quantitative estimate of drug-likeness (QED) is 0.463. The van der Waals surface area contributed by atoms with Crippen LogP contribution in [-0.2, 0) is 9.53 Å². The lowest BCUT2D eigenvalue weighted by molar-refractivity contribution is -0.143. The monoisotopic (exact) mass is 152 g/mol. The van der Waals surface area contributed by atoms with Gasteiger partial charge in [-0.2, -0.15) is 0 Å². The molecule has 3 nitrogen and oxygen atoms in total. The molecule has 0 rings (SSSR count). The summed E-state index contributed by atoms with van der Waals surface area (Å²) in [5, 5.41) is 7.39. The number of aliphatic hydroxyl groups excluding tert-OH is 1. The molecule has 1 atom stereocenters. The third kappa shape index (κ3) is 3.32. The molecule has 0 fully saturated rings. The summed E-state index contributed by atoms with van der Waals surface area (Å²) in [5.41, 5.74) is 0. The van der Waals surface area contributed by atoms with Crippen LogP contribution >= 0.6 is 11.6 Å². The molecule has 54 valence electrons. The van der Waals surface area contributed by atoms with E-state index in [2.05, 4.69) is 4.74 Å². The highest BCUT2D eigenvalue weighted by Crippen LogP contribution is 1.96. The molecule has 0 aliphatic rings. The van der Waals surface area contributed by atoms with Gasteiger partial charge < -0.3 is 9.84 Å². The maximum absolute atomic E-state index is 10.5. The van der Waals surface area contributed by atoms with Crippen LogP contribution in [0.5, 0.6) is 0 Å². The van der Waals surface area contributed by atoms with Crippen molar-refractivity contribution in [3.8, 4) is 0 Å². The van der Waals surface area contributed by atoms with Crippen molar-refractivity contribution in [1.82, 2.24) is 0 Å². The number of ether oxygens (including phenoxy) is 1. The normalized spacial score (nSPS) is 12.8. The molecular formula is C5H9ClO3. The molecule has 0 aromatic rings. The van der Waals surface area contributed by atoms with Crippen molar-refractivity contribution in [1.29, 1.82) is 0 Å². The number of esters is 1. The van der Waals surface area contributed by atoms with Crippen molar-refractivity contribution in [3.05, 3.63) is 0 Å². The number of halogens is 1. The van der Waals surface area contributed by atoms with Crippen molar-refractivity contribution >= 4 is 17.6 Å². The van der Waals surface area contributed by atoms with Crippen LogP contribution in [-0.4, -0.2) is 29.7 Å². The average molecular weight is 153 g/mol. The van der Waals surface area contributed by atoms with E-state index in [0.29, 0.717) is 6.61 Å². The number of aliphatic hydroxyl groups is 1. The number of hydrogen-bond acceptors (Lipinski definition) is 3. The standard InChI is InChI=1S/C5H9ClO3/c1-2-9-5(8)4(6)3-7/h4,7H,2-3H2,1H3. The average Bonchev–Trinajstić information content (AvgIpc) is 1.87. The molecule has 0 amide bonds. The van der Waals surface area contributed by atoms with E-state index in [9.17, 15) is 4.79 Å². The second-order valence-electron chi connectivity index (χ2n) is 1.40. The van der Waals surface area contributed by atoms with Gasteiger partial charge in [0.1, 0.15) is 0 Å². The summed E-state index contributed by atoms with van der Waals surface area (Å²) in [6, 6.07) is 0. The van der Waals surface area contributed by atoms with E-state index in [-0.39, 0.29) is 6.61 Å². The zero-order chi connectivity index (χ0) is 7.28. The minimum Gasteiger partial charge on any atom is -0.465 e. The molecule has 0 heterocycles. The van der Waals surface area contributed by atoms with E-state index in [1.807, 2.05) is 0 Å². The second kappa shape index (κ2) is 4.58. The Balaban J connectivity index is 3.46. The largest absolute Gasteiger partial charge is 0.465 e. The minimum absolute atomic E-state index is 0.294. The first-order chi connectivity index (χ1) is 4.22. The molecule has 9 heavy (non-hydrogen) atoms. The number of carbonyl (C=O) groups is 1. The zero-order valence-electron chi connectivity index (χ0n) is 5.13. The minimum atomic E-state index is -0.912. The van der Waals surface area contributed by atoms with Gasteiger partial charge in [-0.25, -0.2) is 0 Å².